The molecule has 1 atom stereocenters. The van der Waals surface area contributed by atoms with E-state index in [1.807, 2.05) is 18.2 Å². The lowest BCUT2D eigenvalue weighted by Crippen LogP contribution is -2.48. The van der Waals surface area contributed by atoms with E-state index in [0.29, 0.717) is 28.9 Å². The lowest BCUT2D eigenvalue weighted by Gasteiger charge is -2.34. The molecule has 1 heterocycles. The molecule has 174 valence electrons. The summed E-state index contributed by atoms with van der Waals surface area (Å²) < 4.78 is 28.1. The zero-order valence-corrected chi connectivity index (χ0v) is 20.3. The third-order valence-electron chi connectivity index (χ3n) is 7.08. The van der Waals surface area contributed by atoms with E-state index in [9.17, 15) is 8.42 Å². The van der Waals surface area contributed by atoms with Gasteiger partial charge in [0.05, 0.1) is 4.90 Å². The van der Waals surface area contributed by atoms with Crippen molar-refractivity contribution >= 4 is 32.4 Å². The topological polar surface area (TPSA) is 66.6 Å². The van der Waals surface area contributed by atoms with E-state index in [1.165, 1.54) is 23.1 Å². The van der Waals surface area contributed by atoms with Gasteiger partial charge in [0, 0.05) is 37.7 Å². The number of nitrogens with two attached hydrogens (primary N) is 1. The number of hydrogen-bond acceptors (Lipinski definition) is 4. The molecule has 7 heteroatoms. The molecule has 1 fully saturated rings. The van der Waals surface area contributed by atoms with Crippen LogP contribution in [0.5, 0.6) is 0 Å². The van der Waals surface area contributed by atoms with Crippen molar-refractivity contribution in [3.63, 3.8) is 0 Å². The first kappa shape index (κ1) is 22.8. The predicted molar refractivity (Wildman–Crippen MR) is 134 cm³/mol. The van der Waals surface area contributed by atoms with Crippen molar-refractivity contribution in [1.29, 1.82) is 0 Å². The summed E-state index contributed by atoms with van der Waals surface area (Å²) in [5, 5.41) is 2.46. The van der Waals surface area contributed by atoms with Gasteiger partial charge in [-0.2, -0.15) is 4.31 Å². The minimum atomic E-state index is -3.52. The van der Waals surface area contributed by atoms with E-state index in [-0.39, 0.29) is 0 Å². The lowest BCUT2D eigenvalue weighted by molar-refractivity contribution is 0.181. The number of benzene rings is 3. The number of rotatable bonds is 5. The third-order valence-corrected chi connectivity index (χ3v) is 9.21. The molecule has 2 N–H and O–H groups in total. The van der Waals surface area contributed by atoms with Crippen LogP contribution in [0.2, 0.25) is 5.02 Å². The van der Waals surface area contributed by atoms with E-state index >= 15 is 0 Å². The lowest BCUT2D eigenvalue weighted by atomic mass is 9.83. The Balaban J connectivity index is 1.23. The molecule has 0 bridgehead atoms. The Morgan fingerprint density at radius 2 is 1.67 bits per heavy atom. The number of fused-ring (bicyclic) bond motifs is 2. The normalized spacial score (nSPS) is 20.1. The quantitative estimate of drug-likeness (QED) is 0.594. The second-order valence-corrected chi connectivity index (χ2v) is 11.7. The van der Waals surface area contributed by atoms with Crippen molar-refractivity contribution in [2.24, 2.45) is 11.7 Å². The van der Waals surface area contributed by atoms with Crippen LogP contribution in [0.4, 0.5) is 0 Å². The molecule has 3 aromatic rings. The Kier molecular flexibility index (Phi) is 6.47. The molecule has 33 heavy (non-hydrogen) atoms. The molecule has 5 rings (SSSR count). The van der Waals surface area contributed by atoms with Crippen molar-refractivity contribution in [3.8, 4) is 0 Å². The van der Waals surface area contributed by atoms with E-state index < -0.39 is 10.0 Å². The highest BCUT2D eigenvalue weighted by molar-refractivity contribution is 7.89. The Bertz CT molecular complexity index is 1270. The summed E-state index contributed by atoms with van der Waals surface area (Å²) in [6, 6.07) is 17.6. The Labute approximate surface area is 201 Å². The first-order chi connectivity index (χ1) is 15.9. The molecule has 1 unspecified atom stereocenters. The first-order valence-corrected chi connectivity index (χ1v) is 13.5. The maximum absolute atomic E-state index is 13.2. The van der Waals surface area contributed by atoms with Crippen LogP contribution in [-0.2, 0) is 29.4 Å². The van der Waals surface area contributed by atoms with Gasteiger partial charge in [-0.1, -0.05) is 41.9 Å². The zero-order valence-electron chi connectivity index (χ0n) is 18.7. The number of halogens is 1. The maximum Gasteiger partial charge on any atom is 0.243 e. The number of piperazine rings is 1. The van der Waals surface area contributed by atoms with Gasteiger partial charge in [-0.05, 0) is 83.5 Å². The molecule has 5 nitrogen and oxygen atoms in total. The molecule has 1 saturated heterocycles. The highest BCUT2D eigenvalue weighted by atomic mass is 35.5. The average Bonchev–Trinajstić information content (AvgIpc) is 2.83. The van der Waals surface area contributed by atoms with Gasteiger partial charge in [0.2, 0.25) is 10.0 Å². The largest absolute Gasteiger partial charge is 0.330 e. The molecule has 1 aliphatic heterocycles. The molecular weight excluding hydrogens is 454 g/mol. The predicted octanol–water partition coefficient (Wildman–Crippen LogP) is 4.06. The van der Waals surface area contributed by atoms with Crippen molar-refractivity contribution in [3.05, 3.63) is 76.3 Å². The summed E-state index contributed by atoms with van der Waals surface area (Å²) in [5.74, 6) is 0.610. The van der Waals surface area contributed by atoms with Gasteiger partial charge in [0.25, 0.3) is 0 Å². The molecule has 0 radical (unpaired) electrons. The second kappa shape index (κ2) is 9.35. The zero-order chi connectivity index (χ0) is 23.0. The highest BCUT2D eigenvalue weighted by Crippen LogP contribution is 2.28. The molecule has 3 aromatic carbocycles. The number of hydrogen-bond donors (Lipinski definition) is 1. The Hall–Kier alpha value is -1.96. The third kappa shape index (κ3) is 4.81. The average molecular weight is 484 g/mol. The van der Waals surface area contributed by atoms with Gasteiger partial charge in [0.15, 0.2) is 0 Å². The van der Waals surface area contributed by atoms with E-state index in [1.54, 1.807) is 22.5 Å². The van der Waals surface area contributed by atoms with Crippen LogP contribution in [0.15, 0.2) is 59.5 Å². The molecular formula is C26H30ClN3O2S. The smallest absolute Gasteiger partial charge is 0.243 e. The van der Waals surface area contributed by atoms with Crippen LogP contribution in [0, 0.1) is 5.92 Å². The van der Waals surface area contributed by atoms with Gasteiger partial charge in [-0.25, -0.2) is 8.42 Å². The minimum Gasteiger partial charge on any atom is -0.330 e. The molecule has 1 aliphatic carbocycles. The Morgan fingerprint density at radius 1 is 0.909 bits per heavy atom. The van der Waals surface area contributed by atoms with Crippen molar-refractivity contribution < 1.29 is 8.42 Å². The van der Waals surface area contributed by atoms with Gasteiger partial charge in [0.1, 0.15) is 0 Å². The van der Waals surface area contributed by atoms with E-state index in [4.69, 9.17) is 17.3 Å². The van der Waals surface area contributed by atoms with Crippen LogP contribution in [0.25, 0.3) is 10.8 Å². The molecule has 0 saturated carbocycles. The molecule has 0 spiro atoms. The molecule has 0 amide bonds. The van der Waals surface area contributed by atoms with E-state index in [0.717, 1.165) is 49.8 Å². The summed E-state index contributed by atoms with van der Waals surface area (Å²) in [5.41, 5.74) is 10.1. The molecule has 0 aromatic heterocycles. The standard InChI is InChI=1S/C26H30ClN3O2S/c27-25-7-5-24-16-26(8-6-23(24)15-25)33(31,32)30-11-9-29(10-12-30)18-20-2-4-21-13-19(17-28)1-3-22(21)14-20/h2,4-8,14-16,19H,1,3,9-13,17-18,28H2. The number of sulfonamides is 1. The summed E-state index contributed by atoms with van der Waals surface area (Å²) in [6.45, 7) is 4.10. The van der Waals surface area contributed by atoms with Crippen LogP contribution in [0.1, 0.15) is 23.1 Å². The van der Waals surface area contributed by atoms with Crippen LogP contribution in [-0.4, -0.2) is 50.3 Å². The highest BCUT2D eigenvalue weighted by Gasteiger charge is 2.29. The van der Waals surface area contributed by atoms with Crippen LogP contribution >= 0.6 is 11.6 Å². The first-order valence-electron chi connectivity index (χ1n) is 11.6. The number of aryl methyl sites for hydroxylation is 1. The Morgan fingerprint density at radius 3 is 2.45 bits per heavy atom. The summed E-state index contributed by atoms with van der Waals surface area (Å²) in [6.07, 6.45) is 3.37. The fourth-order valence-electron chi connectivity index (χ4n) is 5.07. The second-order valence-electron chi connectivity index (χ2n) is 9.28. The van der Waals surface area contributed by atoms with Gasteiger partial charge >= 0.3 is 0 Å². The SMILES string of the molecule is NCC1CCc2cc(CN3CCN(S(=O)(=O)c4ccc5cc(Cl)ccc5c4)CC3)ccc2C1. The maximum atomic E-state index is 13.2. The number of nitrogens with zero attached hydrogens (tertiary/aromatic N) is 2. The van der Waals surface area contributed by atoms with Gasteiger partial charge < -0.3 is 5.73 Å². The fraction of sp³-hybridized carbons (Fsp3) is 0.385. The monoisotopic (exact) mass is 483 g/mol. The van der Waals surface area contributed by atoms with Gasteiger partial charge in [-0.3, -0.25) is 4.90 Å². The van der Waals surface area contributed by atoms with Crippen molar-refractivity contribution in [2.45, 2.75) is 30.7 Å². The van der Waals surface area contributed by atoms with E-state index in [2.05, 4.69) is 23.1 Å². The molecule has 2 aliphatic rings. The van der Waals surface area contributed by atoms with Crippen LogP contribution < -0.4 is 5.73 Å². The van der Waals surface area contributed by atoms with Crippen molar-refractivity contribution in [1.82, 2.24) is 9.21 Å². The van der Waals surface area contributed by atoms with Gasteiger partial charge in [-0.15, -0.1) is 0 Å². The summed E-state index contributed by atoms with van der Waals surface area (Å²) >= 11 is 6.05. The summed E-state index contributed by atoms with van der Waals surface area (Å²) in [7, 11) is -3.52. The van der Waals surface area contributed by atoms with Crippen molar-refractivity contribution in [2.75, 3.05) is 32.7 Å². The summed E-state index contributed by atoms with van der Waals surface area (Å²) in [4.78, 5) is 2.69. The minimum absolute atomic E-state index is 0.344. The van der Waals surface area contributed by atoms with Crippen LogP contribution in [0.3, 0.4) is 0 Å². The fourth-order valence-corrected chi connectivity index (χ4v) is 6.71.